The summed E-state index contributed by atoms with van der Waals surface area (Å²) in [4.78, 5) is 0. The van der Waals surface area contributed by atoms with Gasteiger partial charge < -0.3 is 0 Å². The molecule has 29 heavy (non-hydrogen) atoms. The van der Waals surface area contributed by atoms with E-state index in [0.717, 1.165) is 18.2 Å². The number of alkyl halides is 3. The van der Waals surface area contributed by atoms with Crippen molar-refractivity contribution in [3.63, 3.8) is 0 Å². The van der Waals surface area contributed by atoms with Crippen LogP contribution < -0.4 is 0 Å². The third-order valence-corrected chi connectivity index (χ3v) is 4.74. The highest BCUT2D eigenvalue weighted by molar-refractivity contribution is 7.71. The molecule has 0 amide bonds. The number of aromatic amines is 2. The number of nitrogens with zero attached hydrogens (tertiary/aromatic N) is 3. The monoisotopic (exact) mass is 439 g/mol. The van der Waals surface area contributed by atoms with Crippen LogP contribution in [0.25, 0.3) is 28.5 Å². The van der Waals surface area contributed by atoms with E-state index in [-0.39, 0.29) is 27.1 Å². The number of rotatable bonds is 3. The van der Waals surface area contributed by atoms with Gasteiger partial charge in [0.15, 0.2) is 10.6 Å². The molecular formula is C18H10ClF4N5S. The minimum absolute atomic E-state index is 0.0215. The minimum atomic E-state index is -4.55. The molecule has 2 N–H and O–H groups in total. The summed E-state index contributed by atoms with van der Waals surface area (Å²) in [5.41, 5.74) is 0.670. The van der Waals surface area contributed by atoms with Crippen molar-refractivity contribution >= 4 is 23.8 Å². The van der Waals surface area contributed by atoms with E-state index in [1.165, 1.54) is 16.7 Å². The first-order valence-corrected chi connectivity index (χ1v) is 8.89. The van der Waals surface area contributed by atoms with Crippen LogP contribution in [-0.2, 0) is 6.18 Å². The van der Waals surface area contributed by atoms with Gasteiger partial charge in [-0.1, -0.05) is 11.6 Å². The van der Waals surface area contributed by atoms with Gasteiger partial charge in [-0.25, -0.2) is 4.39 Å². The Morgan fingerprint density at radius 3 is 2.38 bits per heavy atom. The molecule has 0 aliphatic rings. The molecule has 0 unspecified atom stereocenters. The SMILES string of the molecule is Fc1ccc(-c2cc(-c3n[nH]c(=S)n3-c3cc(C(F)(F)F)ccc3Cl)[nH]n2)cc1. The fourth-order valence-electron chi connectivity index (χ4n) is 2.77. The van der Waals surface area contributed by atoms with Crippen molar-refractivity contribution in [2.45, 2.75) is 6.18 Å². The summed E-state index contributed by atoms with van der Waals surface area (Å²) in [6, 6.07) is 10.2. The summed E-state index contributed by atoms with van der Waals surface area (Å²) in [6.45, 7) is 0. The number of hydrogen-bond donors (Lipinski definition) is 2. The zero-order chi connectivity index (χ0) is 20.8. The largest absolute Gasteiger partial charge is 0.416 e. The van der Waals surface area contributed by atoms with E-state index < -0.39 is 11.7 Å². The summed E-state index contributed by atoms with van der Waals surface area (Å²) in [6.07, 6.45) is -4.55. The Balaban J connectivity index is 1.82. The van der Waals surface area contributed by atoms with E-state index in [9.17, 15) is 17.6 Å². The predicted molar refractivity (Wildman–Crippen MR) is 102 cm³/mol. The Morgan fingerprint density at radius 1 is 0.966 bits per heavy atom. The van der Waals surface area contributed by atoms with Crippen LogP contribution in [0.1, 0.15) is 5.56 Å². The summed E-state index contributed by atoms with van der Waals surface area (Å²) in [5, 5.41) is 13.6. The summed E-state index contributed by atoms with van der Waals surface area (Å²) >= 11 is 11.3. The highest BCUT2D eigenvalue weighted by atomic mass is 35.5. The predicted octanol–water partition coefficient (Wildman–Crippen LogP) is 5.80. The first-order chi connectivity index (χ1) is 13.7. The van der Waals surface area contributed by atoms with Crippen LogP contribution >= 0.6 is 23.8 Å². The van der Waals surface area contributed by atoms with Gasteiger partial charge in [0.2, 0.25) is 0 Å². The van der Waals surface area contributed by atoms with Gasteiger partial charge in [-0.3, -0.25) is 14.8 Å². The molecule has 0 saturated heterocycles. The number of nitrogens with one attached hydrogen (secondary N) is 2. The summed E-state index contributed by atoms with van der Waals surface area (Å²) < 4.78 is 53.9. The molecule has 11 heteroatoms. The van der Waals surface area contributed by atoms with E-state index in [4.69, 9.17) is 23.8 Å². The van der Waals surface area contributed by atoms with Crippen molar-refractivity contribution in [1.29, 1.82) is 0 Å². The second-order valence-corrected chi connectivity index (χ2v) is 6.82. The molecule has 0 fully saturated rings. The van der Waals surface area contributed by atoms with Crippen LogP contribution in [0.3, 0.4) is 0 Å². The van der Waals surface area contributed by atoms with Gasteiger partial charge in [-0.05, 0) is 60.7 Å². The lowest BCUT2D eigenvalue weighted by atomic mass is 10.1. The van der Waals surface area contributed by atoms with Crippen LogP contribution in [-0.4, -0.2) is 25.0 Å². The van der Waals surface area contributed by atoms with Gasteiger partial charge in [0, 0.05) is 5.56 Å². The molecule has 5 nitrogen and oxygen atoms in total. The van der Waals surface area contributed by atoms with Crippen LogP contribution in [0.15, 0.2) is 48.5 Å². The fraction of sp³-hybridized carbons (Fsp3) is 0.0556. The molecule has 2 aromatic heterocycles. The Bertz CT molecular complexity index is 1240. The first kappa shape index (κ1) is 19.3. The first-order valence-electron chi connectivity index (χ1n) is 8.10. The number of H-pyrrole nitrogens is 2. The van der Waals surface area contributed by atoms with Crippen molar-refractivity contribution in [3.8, 4) is 28.5 Å². The second-order valence-electron chi connectivity index (χ2n) is 6.03. The zero-order valence-electron chi connectivity index (χ0n) is 14.3. The Morgan fingerprint density at radius 2 is 1.69 bits per heavy atom. The second kappa shape index (κ2) is 7.12. The van der Waals surface area contributed by atoms with Crippen molar-refractivity contribution in [2.75, 3.05) is 0 Å². The Labute approximate surface area is 171 Å². The highest BCUT2D eigenvalue weighted by Gasteiger charge is 2.31. The van der Waals surface area contributed by atoms with Gasteiger partial charge in [0.1, 0.15) is 11.5 Å². The van der Waals surface area contributed by atoms with Crippen molar-refractivity contribution in [2.24, 2.45) is 0 Å². The van der Waals surface area contributed by atoms with Crippen molar-refractivity contribution < 1.29 is 17.6 Å². The lowest BCUT2D eigenvalue weighted by Gasteiger charge is -2.12. The third kappa shape index (κ3) is 3.68. The number of hydrogen-bond acceptors (Lipinski definition) is 3. The van der Waals surface area contributed by atoms with Crippen LogP contribution in [0.2, 0.25) is 5.02 Å². The maximum Gasteiger partial charge on any atom is 0.416 e. The van der Waals surface area contributed by atoms with Crippen molar-refractivity contribution in [1.82, 2.24) is 25.0 Å². The van der Waals surface area contributed by atoms with Gasteiger partial charge in [-0.2, -0.15) is 23.4 Å². The Hall–Kier alpha value is -2.98. The summed E-state index contributed by atoms with van der Waals surface area (Å²) in [7, 11) is 0. The highest BCUT2D eigenvalue weighted by Crippen LogP contribution is 2.34. The number of halogens is 5. The quantitative estimate of drug-likeness (QED) is 0.313. The van der Waals surface area contributed by atoms with E-state index in [1.54, 1.807) is 18.2 Å². The smallest absolute Gasteiger partial charge is 0.274 e. The average Bonchev–Trinajstić information content (AvgIpc) is 3.29. The molecule has 0 atom stereocenters. The third-order valence-electron chi connectivity index (χ3n) is 4.15. The molecule has 0 aliphatic heterocycles. The van der Waals surface area contributed by atoms with Gasteiger partial charge in [0.25, 0.3) is 0 Å². The molecular weight excluding hydrogens is 430 g/mol. The molecule has 2 heterocycles. The standard InChI is InChI=1S/C18H10ClF4N5S/c19-12-6-3-10(18(21,22)23)7-15(12)28-16(26-27-17(28)29)14-8-13(24-25-14)9-1-4-11(20)5-2-9/h1-8H,(H,24,25)(H,27,29). The van der Waals surface area contributed by atoms with Gasteiger partial charge in [0.05, 0.1) is 22.0 Å². The lowest BCUT2D eigenvalue weighted by Crippen LogP contribution is -2.07. The van der Waals surface area contributed by atoms with Crippen LogP contribution in [0.4, 0.5) is 17.6 Å². The molecule has 0 bridgehead atoms. The van der Waals surface area contributed by atoms with Gasteiger partial charge in [-0.15, -0.1) is 0 Å². The van der Waals surface area contributed by atoms with Crippen molar-refractivity contribution in [3.05, 3.63) is 69.7 Å². The molecule has 4 rings (SSSR count). The molecule has 4 aromatic rings. The average molecular weight is 440 g/mol. The lowest BCUT2D eigenvalue weighted by molar-refractivity contribution is -0.137. The van der Waals surface area contributed by atoms with E-state index in [0.29, 0.717) is 17.0 Å². The summed E-state index contributed by atoms with van der Waals surface area (Å²) in [5.74, 6) is -0.193. The topological polar surface area (TPSA) is 62.3 Å². The number of benzene rings is 2. The molecule has 2 aromatic carbocycles. The molecule has 0 aliphatic carbocycles. The zero-order valence-corrected chi connectivity index (χ0v) is 15.8. The van der Waals surface area contributed by atoms with Crippen LogP contribution in [0, 0.1) is 10.6 Å². The van der Waals surface area contributed by atoms with Crippen LogP contribution in [0.5, 0.6) is 0 Å². The number of aromatic nitrogens is 5. The van der Waals surface area contributed by atoms with E-state index in [2.05, 4.69) is 20.4 Å². The van der Waals surface area contributed by atoms with Gasteiger partial charge >= 0.3 is 6.18 Å². The Kier molecular flexibility index (Phi) is 4.75. The molecule has 148 valence electrons. The van der Waals surface area contributed by atoms with E-state index >= 15 is 0 Å². The maximum absolute atomic E-state index is 13.1. The molecule has 0 spiro atoms. The fourth-order valence-corrected chi connectivity index (χ4v) is 3.20. The molecule has 0 radical (unpaired) electrons. The molecule has 0 saturated carbocycles. The minimum Gasteiger partial charge on any atom is -0.274 e. The normalized spacial score (nSPS) is 11.8. The van der Waals surface area contributed by atoms with E-state index in [1.807, 2.05) is 0 Å². The maximum atomic E-state index is 13.1.